The quantitative estimate of drug-likeness (QED) is 0.632. The van der Waals surface area contributed by atoms with E-state index in [0.717, 1.165) is 17.9 Å². The van der Waals surface area contributed by atoms with Crippen LogP contribution in [0.25, 0.3) is 0 Å². The molecule has 2 aliphatic rings. The summed E-state index contributed by atoms with van der Waals surface area (Å²) in [6.45, 7) is 4.86. The van der Waals surface area contributed by atoms with Crippen molar-refractivity contribution in [2.75, 3.05) is 7.05 Å². The third-order valence-corrected chi connectivity index (χ3v) is 4.32. The van der Waals surface area contributed by atoms with Gasteiger partial charge in [-0.15, -0.1) is 0 Å². The first kappa shape index (κ1) is 8.55. The van der Waals surface area contributed by atoms with Crippen LogP contribution in [0, 0.1) is 17.3 Å². The van der Waals surface area contributed by atoms with Crippen LogP contribution in [0.5, 0.6) is 0 Å². The summed E-state index contributed by atoms with van der Waals surface area (Å²) in [5, 5.41) is 3.49. The van der Waals surface area contributed by atoms with Gasteiger partial charge < -0.3 is 5.32 Å². The Morgan fingerprint density at radius 3 is 2.50 bits per heavy atom. The Morgan fingerprint density at radius 1 is 1.17 bits per heavy atom. The van der Waals surface area contributed by atoms with Crippen LogP contribution in [0.1, 0.15) is 39.5 Å². The summed E-state index contributed by atoms with van der Waals surface area (Å²) in [7, 11) is 2.12. The van der Waals surface area contributed by atoms with Gasteiger partial charge in [0.15, 0.2) is 0 Å². The van der Waals surface area contributed by atoms with Gasteiger partial charge in [0.05, 0.1) is 0 Å². The fourth-order valence-electron chi connectivity index (χ4n) is 3.73. The molecule has 0 aromatic rings. The van der Waals surface area contributed by atoms with Crippen LogP contribution in [0.2, 0.25) is 0 Å². The highest BCUT2D eigenvalue weighted by Crippen LogP contribution is 2.56. The highest BCUT2D eigenvalue weighted by Gasteiger charge is 2.55. The van der Waals surface area contributed by atoms with Crippen molar-refractivity contribution >= 4 is 0 Å². The molecule has 0 radical (unpaired) electrons. The summed E-state index contributed by atoms with van der Waals surface area (Å²) < 4.78 is 0. The fraction of sp³-hybridized carbons (Fsp3) is 1.00. The van der Waals surface area contributed by atoms with E-state index in [0.29, 0.717) is 5.41 Å². The van der Waals surface area contributed by atoms with Crippen LogP contribution in [-0.4, -0.2) is 13.1 Å². The Labute approximate surface area is 75.9 Å². The first-order valence-corrected chi connectivity index (χ1v) is 5.35. The minimum atomic E-state index is 0.569. The predicted octanol–water partition coefficient (Wildman–Crippen LogP) is 2.42. The Morgan fingerprint density at radius 2 is 1.83 bits per heavy atom. The van der Waals surface area contributed by atoms with E-state index >= 15 is 0 Å². The number of nitrogens with one attached hydrogen (secondary N) is 1. The van der Waals surface area contributed by atoms with Crippen molar-refractivity contribution < 1.29 is 0 Å². The van der Waals surface area contributed by atoms with Crippen molar-refractivity contribution in [2.45, 2.75) is 45.6 Å². The summed E-state index contributed by atoms with van der Waals surface area (Å²) in [5.74, 6) is 2.02. The van der Waals surface area contributed by atoms with Crippen LogP contribution in [0.3, 0.4) is 0 Å². The van der Waals surface area contributed by atoms with E-state index in [1.807, 2.05) is 0 Å². The molecular formula is C11H21N. The van der Waals surface area contributed by atoms with Gasteiger partial charge in [-0.3, -0.25) is 0 Å². The maximum atomic E-state index is 3.49. The lowest BCUT2D eigenvalue weighted by Gasteiger charge is -2.61. The van der Waals surface area contributed by atoms with Gasteiger partial charge in [0, 0.05) is 6.04 Å². The average Bonchev–Trinajstić information content (AvgIpc) is 2.05. The molecule has 2 fully saturated rings. The third-order valence-electron chi connectivity index (χ3n) is 4.32. The molecule has 0 amide bonds. The normalized spacial score (nSPS) is 44.8. The van der Waals surface area contributed by atoms with Gasteiger partial charge in [-0.1, -0.05) is 26.7 Å². The van der Waals surface area contributed by atoms with Crippen molar-refractivity contribution in [2.24, 2.45) is 17.3 Å². The maximum Gasteiger partial charge on any atom is 0.0149 e. The van der Waals surface area contributed by atoms with Gasteiger partial charge in [-0.2, -0.15) is 0 Å². The highest BCUT2D eigenvalue weighted by molar-refractivity contribution is 5.08. The number of hydrogen-bond donors (Lipinski definition) is 1. The lowest BCUT2D eigenvalue weighted by molar-refractivity contribution is -0.0842. The largest absolute Gasteiger partial charge is 0.316 e. The van der Waals surface area contributed by atoms with Gasteiger partial charge >= 0.3 is 0 Å². The molecule has 1 nitrogen and oxygen atoms in total. The standard InChI is InChI=1S/C11H21N/c1-11(2)9-7-5-4-6-8(9)10(11)12-3/h8-10,12H,4-7H2,1-3H3. The monoisotopic (exact) mass is 167 g/mol. The zero-order valence-corrected chi connectivity index (χ0v) is 8.56. The Bertz CT molecular complexity index is 166. The van der Waals surface area contributed by atoms with Crippen LogP contribution >= 0.6 is 0 Å². The molecular weight excluding hydrogens is 146 g/mol. The molecule has 1 N–H and O–H groups in total. The molecule has 0 spiro atoms. The molecule has 3 unspecified atom stereocenters. The van der Waals surface area contributed by atoms with Crippen LogP contribution in [0.4, 0.5) is 0 Å². The maximum absolute atomic E-state index is 3.49. The van der Waals surface area contributed by atoms with Gasteiger partial charge in [-0.25, -0.2) is 0 Å². The second kappa shape index (κ2) is 2.73. The van der Waals surface area contributed by atoms with Crippen molar-refractivity contribution in [1.29, 1.82) is 0 Å². The number of hydrogen-bond acceptors (Lipinski definition) is 1. The summed E-state index contributed by atoms with van der Waals surface area (Å²) in [4.78, 5) is 0. The van der Waals surface area contributed by atoms with Crippen LogP contribution in [-0.2, 0) is 0 Å². The molecule has 0 aromatic carbocycles. The highest BCUT2D eigenvalue weighted by atomic mass is 14.9. The van der Waals surface area contributed by atoms with E-state index < -0.39 is 0 Å². The molecule has 0 aromatic heterocycles. The Hall–Kier alpha value is -0.0400. The molecule has 3 atom stereocenters. The van der Waals surface area contributed by atoms with E-state index in [4.69, 9.17) is 0 Å². The average molecular weight is 167 g/mol. The van der Waals surface area contributed by atoms with Crippen LogP contribution < -0.4 is 5.32 Å². The molecule has 0 saturated heterocycles. The van der Waals surface area contributed by atoms with Gasteiger partial charge in [0.1, 0.15) is 0 Å². The fourth-order valence-corrected chi connectivity index (χ4v) is 3.73. The molecule has 0 bridgehead atoms. The van der Waals surface area contributed by atoms with Crippen molar-refractivity contribution in [3.8, 4) is 0 Å². The first-order valence-electron chi connectivity index (χ1n) is 5.35. The van der Waals surface area contributed by atoms with E-state index in [-0.39, 0.29) is 0 Å². The second-order valence-electron chi connectivity index (χ2n) is 5.14. The summed E-state index contributed by atoms with van der Waals surface area (Å²) >= 11 is 0. The second-order valence-corrected chi connectivity index (χ2v) is 5.14. The Kier molecular flexibility index (Phi) is 1.95. The number of fused-ring (bicyclic) bond motifs is 1. The zero-order valence-electron chi connectivity index (χ0n) is 8.56. The van der Waals surface area contributed by atoms with E-state index in [1.54, 1.807) is 0 Å². The van der Waals surface area contributed by atoms with Crippen LogP contribution in [0.15, 0.2) is 0 Å². The summed E-state index contributed by atoms with van der Waals surface area (Å²) in [6, 6.07) is 0.794. The molecule has 2 aliphatic carbocycles. The summed E-state index contributed by atoms with van der Waals surface area (Å²) in [6.07, 6.45) is 5.89. The minimum Gasteiger partial charge on any atom is -0.316 e. The number of rotatable bonds is 1. The van der Waals surface area contributed by atoms with Gasteiger partial charge in [-0.05, 0) is 37.1 Å². The molecule has 1 heteroatoms. The molecule has 0 aliphatic heterocycles. The van der Waals surface area contributed by atoms with Crippen molar-refractivity contribution in [3.63, 3.8) is 0 Å². The minimum absolute atomic E-state index is 0.569. The molecule has 70 valence electrons. The van der Waals surface area contributed by atoms with Gasteiger partial charge in [0.25, 0.3) is 0 Å². The molecule has 0 heterocycles. The topological polar surface area (TPSA) is 12.0 Å². The van der Waals surface area contributed by atoms with E-state index in [2.05, 4.69) is 26.2 Å². The predicted molar refractivity (Wildman–Crippen MR) is 52.1 cm³/mol. The molecule has 2 saturated carbocycles. The SMILES string of the molecule is CNC1C2CCCCC2C1(C)C. The van der Waals surface area contributed by atoms with E-state index in [9.17, 15) is 0 Å². The molecule has 2 rings (SSSR count). The lowest BCUT2D eigenvalue weighted by Crippen LogP contribution is -2.64. The lowest BCUT2D eigenvalue weighted by atomic mass is 9.48. The van der Waals surface area contributed by atoms with E-state index in [1.165, 1.54) is 25.7 Å². The molecule has 12 heavy (non-hydrogen) atoms. The Balaban J connectivity index is 2.08. The smallest absolute Gasteiger partial charge is 0.0149 e. The summed E-state index contributed by atoms with van der Waals surface area (Å²) in [5.41, 5.74) is 0.569. The first-order chi connectivity index (χ1) is 5.68. The zero-order chi connectivity index (χ0) is 8.77. The van der Waals surface area contributed by atoms with Crippen molar-refractivity contribution in [1.82, 2.24) is 5.32 Å². The van der Waals surface area contributed by atoms with Gasteiger partial charge in [0.2, 0.25) is 0 Å². The van der Waals surface area contributed by atoms with Crippen molar-refractivity contribution in [3.05, 3.63) is 0 Å². The third kappa shape index (κ3) is 0.953.